The average molecular weight is 268 g/mol. The highest BCUT2D eigenvalue weighted by Gasteiger charge is 2.08. The molecule has 1 unspecified atom stereocenters. The van der Waals surface area contributed by atoms with Gasteiger partial charge in [0.05, 0.1) is 16.9 Å². The lowest BCUT2D eigenvalue weighted by Gasteiger charge is -2.04. The molecule has 2 aromatic rings. The van der Waals surface area contributed by atoms with E-state index < -0.39 is 5.82 Å². The molecule has 3 N–H and O–H groups in total. The van der Waals surface area contributed by atoms with Crippen molar-refractivity contribution >= 4 is 11.6 Å². The fourth-order valence-corrected chi connectivity index (χ4v) is 1.87. The normalized spacial score (nSPS) is 12.7. The van der Waals surface area contributed by atoms with Crippen LogP contribution in [-0.2, 0) is 6.42 Å². The predicted molar refractivity (Wildman–Crippen MR) is 70.9 cm³/mol. The van der Waals surface area contributed by atoms with E-state index in [1.54, 1.807) is 18.3 Å². The van der Waals surface area contributed by atoms with Crippen LogP contribution in [0.3, 0.4) is 0 Å². The van der Waals surface area contributed by atoms with E-state index in [0.29, 0.717) is 12.5 Å². The molecule has 0 amide bonds. The summed E-state index contributed by atoms with van der Waals surface area (Å²) in [4.78, 5) is 7.48. The van der Waals surface area contributed by atoms with Crippen LogP contribution in [-0.4, -0.2) is 16.5 Å². The van der Waals surface area contributed by atoms with Crippen LogP contribution in [0.2, 0.25) is 5.02 Å². The van der Waals surface area contributed by atoms with Crippen LogP contribution in [0, 0.1) is 11.7 Å². The van der Waals surface area contributed by atoms with Crippen LogP contribution in [0.25, 0.3) is 11.3 Å². The molecule has 0 fully saturated rings. The molecular formula is C13H15ClFN3. The second-order valence-electron chi connectivity index (χ2n) is 4.42. The number of halogens is 2. The number of nitrogens with two attached hydrogens (primary N) is 1. The molecule has 1 heterocycles. The van der Waals surface area contributed by atoms with E-state index in [1.165, 1.54) is 6.07 Å². The summed E-state index contributed by atoms with van der Waals surface area (Å²) in [6.07, 6.45) is 2.52. The van der Waals surface area contributed by atoms with Crippen molar-refractivity contribution < 1.29 is 4.39 Å². The number of hydrogen-bond acceptors (Lipinski definition) is 2. The zero-order valence-electron chi connectivity index (χ0n) is 10.1. The molecule has 1 aromatic carbocycles. The maximum atomic E-state index is 13.1. The Labute approximate surface area is 110 Å². The summed E-state index contributed by atoms with van der Waals surface area (Å²) in [5, 5.41) is 0.110. The smallest absolute Gasteiger partial charge is 0.141 e. The van der Waals surface area contributed by atoms with Crippen LogP contribution in [0.15, 0.2) is 24.4 Å². The van der Waals surface area contributed by atoms with Crippen molar-refractivity contribution in [3.8, 4) is 11.3 Å². The maximum absolute atomic E-state index is 13.1. The highest BCUT2D eigenvalue weighted by molar-refractivity contribution is 6.31. The monoisotopic (exact) mass is 267 g/mol. The Morgan fingerprint density at radius 2 is 2.28 bits per heavy atom. The van der Waals surface area contributed by atoms with Crippen molar-refractivity contribution in [3.63, 3.8) is 0 Å². The van der Waals surface area contributed by atoms with Crippen molar-refractivity contribution in [1.29, 1.82) is 0 Å². The Morgan fingerprint density at radius 1 is 1.50 bits per heavy atom. The number of hydrogen-bond donors (Lipinski definition) is 2. The molecule has 0 aliphatic rings. The summed E-state index contributed by atoms with van der Waals surface area (Å²) in [5.41, 5.74) is 7.22. The number of aromatic amines is 1. The lowest BCUT2D eigenvalue weighted by molar-refractivity contribution is 0.577. The standard InChI is InChI=1S/C13H15ClFN3/c1-8(6-16)4-13-17-7-12(18-13)9-2-3-11(15)10(14)5-9/h2-3,5,7-8H,4,6,16H2,1H3,(H,17,18). The van der Waals surface area contributed by atoms with Crippen LogP contribution < -0.4 is 5.73 Å². The van der Waals surface area contributed by atoms with E-state index in [2.05, 4.69) is 16.9 Å². The first-order valence-corrected chi connectivity index (χ1v) is 6.17. The Morgan fingerprint density at radius 3 is 2.94 bits per heavy atom. The minimum atomic E-state index is -0.420. The van der Waals surface area contributed by atoms with Gasteiger partial charge in [0, 0.05) is 12.0 Å². The van der Waals surface area contributed by atoms with E-state index in [-0.39, 0.29) is 5.02 Å². The fourth-order valence-electron chi connectivity index (χ4n) is 1.69. The highest BCUT2D eigenvalue weighted by Crippen LogP contribution is 2.23. The van der Waals surface area contributed by atoms with E-state index in [1.807, 2.05) is 0 Å². The van der Waals surface area contributed by atoms with Crippen molar-refractivity contribution in [1.82, 2.24) is 9.97 Å². The van der Waals surface area contributed by atoms with Gasteiger partial charge in [0.1, 0.15) is 11.6 Å². The molecule has 18 heavy (non-hydrogen) atoms. The summed E-state index contributed by atoms with van der Waals surface area (Å²) in [6, 6.07) is 4.60. The largest absolute Gasteiger partial charge is 0.342 e. The van der Waals surface area contributed by atoms with Gasteiger partial charge >= 0.3 is 0 Å². The third kappa shape index (κ3) is 2.89. The first kappa shape index (κ1) is 13.1. The summed E-state index contributed by atoms with van der Waals surface area (Å²) < 4.78 is 13.1. The summed E-state index contributed by atoms with van der Waals surface area (Å²) >= 11 is 5.75. The SMILES string of the molecule is CC(CN)Cc1ncc(-c2ccc(F)c(Cl)c2)[nH]1. The van der Waals surface area contributed by atoms with Crippen LogP contribution in [0.5, 0.6) is 0 Å². The van der Waals surface area contributed by atoms with Gasteiger partial charge in [-0.15, -0.1) is 0 Å². The van der Waals surface area contributed by atoms with Crippen LogP contribution in [0.4, 0.5) is 4.39 Å². The minimum absolute atomic E-state index is 0.110. The van der Waals surface area contributed by atoms with Gasteiger partial charge in [0.2, 0.25) is 0 Å². The van der Waals surface area contributed by atoms with E-state index in [9.17, 15) is 4.39 Å². The Hall–Kier alpha value is -1.39. The molecule has 2 rings (SSSR count). The molecule has 5 heteroatoms. The van der Waals surface area contributed by atoms with Gasteiger partial charge in [-0.3, -0.25) is 0 Å². The summed E-state index contributed by atoms with van der Waals surface area (Å²) in [6.45, 7) is 2.69. The number of nitrogens with zero attached hydrogens (tertiary/aromatic N) is 1. The second-order valence-corrected chi connectivity index (χ2v) is 4.82. The molecule has 1 aromatic heterocycles. The molecule has 0 saturated heterocycles. The molecule has 0 saturated carbocycles. The van der Waals surface area contributed by atoms with E-state index in [4.69, 9.17) is 17.3 Å². The van der Waals surface area contributed by atoms with Gasteiger partial charge in [0.15, 0.2) is 0 Å². The van der Waals surface area contributed by atoms with Gasteiger partial charge in [-0.25, -0.2) is 9.37 Å². The first-order chi connectivity index (χ1) is 8.60. The lowest BCUT2D eigenvalue weighted by Crippen LogP contribution is -2.13. The van der Waals surface area contributed by atoms with Gasteiger partial charge in [-0.2, -0.15) is 0 Å². The van der Waals surface area contributed by atoms with Gasteiger partial charge < -0.3 is 10.7 Å². The quantitative estimate of drug-likeness (QED) is 0.895. The molecule has 0 bridgehead atoms. The Balaban J connectivity index is 2.21. The molecule has 0 radical (unpaired) electrons. The Kier molecular flexibility index (Phi) is 3.99. The minimum Gasteiger partial charge on any atom is -0.342 e. The second kappa shape index (κ2) is 5.50. The third-order valence-electron chi connectivity index (χ3n) is 2.80. The number of nitrogens with one attached hydrogen (secondary N) is 1. The van der Waals surface area contributed by atoms with E-state index in [0.717, 1.165) is 23.5 Å². The van der Waals surface area contributed by atoms with Crippen molar-refractivity contribution in [3.05, 3.63) is 41.1 Å². The van der Waals surface area contributed by atoms with Crippen molar-refractivity contribution in [2.24, 2.45) is 11.7 Å². The molecular weight excluding hydrogens is 253 g/mol. The lowest BCUT2D eigenvalue weighted by atomic mass is 10.1. The maximum Gasteiger partial charge on any atom is 0.141 e. The van der Waals surface area contributed by atoms with Crippen LogP contribution in [0.1, 0.15) is 12.7 Å². The third-order valence-corrected chi connectivity index (χ3v) is 3.09. The van der Waals surface area contributed by atoms with Gasteiger partial charge in [-0.05, 0) is 30.7 Å². The fraction of sp³-hybridized carbons (Fsp3) is 0.308. The highest BCUT2D eigenvalue weighted by atomic mass is 35.5. The number of aromatic nitrogens is 2. The number of rotatable bonds is 4. The molecule has 0 spiro atoms. The number of imidazole rings is 1. The molecule has 3 nitrogen and oxygen atoms in total. The van der Waals surface area contributed by atoms with Gasteiger partial charge in [-0.1, -0.05) is 18.5 Å². The molecule has 0 aliphatic carbocycles. The molecule has 96 valence electrons. The zero-order chi connectivity index (χ0) is 13.1. The topological polar surface area (TPSA) is 54.7 Å². The number of benzene rings is 1. The van der Waals surface area contributed by atoms with Crippen LogP contribution >= 0.6 is 11.6 Å². The predicted octanol–water partition coefficient (Wildman–Crippen LogP) is 3.01. The zero-order valence-corrected chi connectivity index (χ0v) is 10.8. The number of H-pyrrole nitrogens is 1. The average Bonchev–Trinajstić information content (AvgIpc) is 2.81. The summed E-state index contributed by atoms with van der Waals surface area (Å²) in [5.74, 6) is 0.834. The van der Waals surface area contributed by atoms with E-state index >= 15 is 0 Å². The first-order valence-electron chi connectivity index (χ1n) is 5.79. The molecule has 0 aliphatic heterocycles. The Bertz CT molecular complexity index is 539. The van der Waals surface area contributed by atoms with Crippen molar-refractivity contribution in [2.75, 3.05) is 6.54 Å². The van der Waals surface area contributed by atoms with Crippen molar-refractivity contribution in [2.45, 2.75) is 13.3 Å². The molecule has 1 atom stereocenters. The summed E-state index contributed by atoms with van der Waals surface area (Å²) in [7, 11) is 0. The van der Waals surface area contributed by atoms with Gasteiger partial charge in [0.25, 0.3) is 0 Å².